The van der Waals surface area contributed by atoms with Crippen LogP contribution < -0.4 is 10.8 Å². The number of aliphatic imine (C=N–C) groups is 1. The number of amidine groups is 1. The molecular formula is C16H18N4O3S. The summed E-state index contributed by atoms with van der Waals surface area (Å²) in [7, 11) is 1.75. The fourth-order valence-corrected chi connectivity index (χ4v) is 2.99. The highest BCUT2D eigenvalue weighted by molar-refractivity contribution is 7.10. The number of benzene rings is 1. The summed E-state index contributed by atoms with van der Waals surface area (Å²) < 4.78 is 9.50. The number of hydrogen-bond donors (Lipinski definition) is 2. The lowest BCUT2D eigenvalue weighted by Gasteiger charge is -2.22. The molecular weight excluding hydrogens is 328 g/mol. The van der Waals surface area contributed by atoms with Crippen LogP contribution in [0.1, 0.15) is 21.6 Å². The quantitative estimate of drug-likeness (QED) is 0.806. The Bertz CT molecular complexity index is 745. The zero-order valence-electron chi connectivity index (χ0n) is 13.4. The van der Waals surface area contributed by atoms with Gasteiger partial charge in [0.2, 0.25) is 0 Å². The van der Waals surface area contributed by atoms with Gasteiger partial charge in [-0.05, 0) is 18.5 Å². The van der Waals surface area contributed by atoms with Crippen LogP contribution in [0.25, 0.3) is 0 Å². The molecule has 0 fully saturated rings. The Kier molecular flexibility index (Phi) is 5.07. The maximum Gasteiger partial charge on any atom is 0.343 e. The molecule has 1 aromatic heterocycles. The van der Waals surface area contributed by atoms with Crippen molar-refractivity contribution in [3.05, 3.63) is 47.2 Å². The average molecular weight is 346 g/mol. The Labute approximate surface area is 143 Å². The minimum atomic E-state index is -0.410. The summed E-state index contributed by atoms with van der Waals surface area (Å²) in [6.45, 7) is 2.32. The number of hydroxylamine groups is 1. The summed E-state index contributed by atoms with van der Waals surface area (Å²) in [6.07, 6.45) is -0.327. The molecule has 24 heavy (non-hydrogen) atoms. The van der Waals surface area contributed by atoms with Gasteiger partial charge in [-0.1, -0.05) is 30.3 Å². The monoisotopic (exact) mass is 346 g/mol. The summed E-state index contributed by atoms with van der Waals surface area (Å²) in [5, 5.41) is 3.65. The highest BCUT2D eigenvalue weighted by Crippen LogP contribution is 2.24. The summed E-state index contributed by atoms with van der Waals surface area (Å²) in [5.41, 5.74) is 4.89. The molecule has 1 aliphatic heterocycles. The molecule has 126 valence electrons. The molecule has 3 rings (SSSR count). The molecule has 7 nitrogen and oxygen atoms in total. The van der Waals surface area contributed by atoms with Gasteiger partial charge in [0.25, 0.3) is 0 Å². The molecule has 1 aromatic carbocycles. The molecule has 0 bridgehead atoms. The predicted molar refractivity (Wildman–Crippen MR) is 92.5 cm³/mol. The molecule has 1 atom stereocenters. The third kappa shape index (κ3) is 3.55. The van der Waals surface area contributed by atoms with Crippen LogP contribution in [0.4, 0.5) is 5.00 Å². The van der Waals surface area contributed by atoms with Gasteiger partial charge in [-0.15, -0.1) is 0 Å². The van der Waals surface area contributed by atoms with Crippen LogP contribution in [0.3, 0.4) is 0 Å². The number of nitrogens with one attached hydrogen (secondary N) is 2. The SMILES string of the molecule is CNc1snc(C)c1C(=O)OCC1CN=C(c2ccccc2)NO1. The van der Waals surface area contributed by atoms with Crippen molar-refractivity contribution in [2.45, 2.75) is 13.0 Å². The lowest BCUT2D eigenvalue weighted by molar-refractivity contribution is -0.0349. The lowest BCUT2D eigenvalue weighted by Crippen LogP contribution is -2.40. The number of esters is 1. The lowest BCUT2D eigenvalue weighted by atomic mass is 10.2. The number of anilines is 1. The molecule has 0 amide bonds. The van der Waals surface area contributed by atoms with Crippen LogP contribution in [0.15, 0.2) is 35.3 Å². The standard InChI is InChI=1S/C16H18N4O3S/c1-10-13(15(17-2)24-20-10)16(21)22-9-12-8-18-14(19-23-12)11-6-4-3-5-7-11/h3-7,12,17H,8-9H2,1-2H3,(H,18,19). The van der Waals surface area contributed by atoms with Gasteiger partial charge in [0, 0.05) is 12.6 Å². The molecule has 2 heterocycles. The molecule has 0 aliphatic carbocycles. The fourth-order valence-electron chi connectivity index (χ4n) is 2.26. The predicted octanol–water partition coefficient (Wildman–Crippen LogP) is 2.00. The molecule has 0 spiro atoms. The number of carbonyl (C=O) groups is 1. The van der Waals surface area contributed by atoms with Crippen molar-refractivity contribution in [2.75, 3.05) is 25.5 Å². The van der Waals surface area contributed by atoms with Crippen LogP contribution in [-0.4, -0.2) is 42.5 Å². The van der Waals surface area contributed by atoms with E-state index in [0.717, 1.165) is 5.56 Å². The normalized spacial score (nSPS) is 16.9. The van der Waals surface area contributed by atoms with Crippen LogP contribution in [-0.2, 0) is 9.57 Å². The van der Waals surface area contributed by atoms with E-state index in [2.05, 4.69) is 20.2 Å². The minimum absolute atomic E-state index is 0.121. The minimum Gasteiger partial charge on any atom is -0.459 e. The number of aryl methyl sites for hydroxylation is 1. The van der Waals surface area contributed by atoms with E-state index < -0.39 is 5.97 Å². The van der Waals surface area contributed by atoms with Crippen molar-refractivity contribution in [2.24, 2.45) is 4.99 Å². The first-order valence-corrected chi connectivity index (χ1v) is 8.29. The van der Waals surface area contributed by atoms with Crippen LogP contribution >= 0.6 is 11.5 Å². The summed E-state index contributed by atoms with van der Waals surface area (Å²) in [6, 6.07) is 9.70. The number of carbonyl (C=O) groups excluding carboxylic acids is 1. The van der Waals surface area contributed by atoms with Crippen molar-refractivity contribution < 1.29 is 14.4 Å². The van der Waals surface area contributed by atoms with Crippen molar-refractivity contribution in [3.63, 3.8) is 0 Å². The van der Waals surface area contributed by atoms with Gasteiger partial charge in [-0.2, -0.15) is 4.37 Å². The first kappa shape index (κ1) is 16.4. The smallest absolute Gasteiger partial charge is 0.343 e. The molecule has 2 N–H and O–H groups in total. The van der Waals surface area contributed by atoms with E-state index in [0.29, 0.717) is 28.6 Å². The van der Waals surface area contributed by atoms with Gasteiger partial charge in [0.05, 0.1) is 12.2 Å². The van der Waals surface area contributed by atoms with Crippen LogP contribution in [0, 0.1) is 6.92 Å². The topological polar surface area (TPSA) is 84.8 Å². The Hall–Kier alpha value is -2.45. The molecule has 8 heteroatoms. The van der Waals surface area contributed by atoms with Crippen molar-refractivity contribution in [3.8, 4) is 0 Å². The zero-order chi connectivity index (χ0) is 16.9. The summed E-state index contributed by atoms with van der Waals surface area (Å²) in [5.74, 6) is 0.264. The number of aromatic nitrogens is 1. The van der Waals surface area contributed by atoms with Gasteiger partial charge in [-0.25, -0.2) is 10.3 Å². The van der Waals surface area contributed by atoms with Gasteiger partial charge in [-0.3, -0.25) is 9.83 Å². The van der Waals surface area contributed by atoms with Gasteiger partial charge < -0.3 is 10.1 Å². The Balaban J connectivity index is 1.56. The van der Waals surface area contributed by atoms with Crippen molar-refractivity contribution in [1.29, 1.82) is 0 Å². The number of ether oxygens (including phenoxy) is 1. The van der Waals surface area contributed by atoms with Crippen LogP contribution in [0.5, 0.6) is 0 Å². The average Bonchev–Trinajstić information content (AvgIpc) is 3.01. The molecule has 1 aliphatic rings. The third-order valence-corrected chi connectivity index (χ3v) is 4.47. The molecule has 0 saturated heterocycles. The second-order valence-corrected chi connectivity index (χ2v) is 5.99. The van der Waals surface area contributed by atoms with Crippen molar-refractivity contribution in [1.82, 2.24) is 9.85 Å². The van der Waals surface area contributed by atoms with Crippen molar-refractivity contribution >= 4 is 28.3 Å². The molecule has 0 radical (unpaired) electrons. The highest BCUT2D eigenvalue weighted by Gasteiger charge is 2.23. The zero-order valence-corrected chi connectivity index (χ0v) is 14.2. The molecule has 0 saturated carbocycles. The van der Waals surface area contributed by atoms with E-state index in [4.69, 9.17) is 9.57 Å². The molecule has 2 aromatic rings. The highest BCUT2D eigenvalue weighted by atomic mass is 32.1. The molecule has 1 unspecified atom stereocenters. The third-order valence-electron chi connectivity index (χ3n) is 3.52. The second kappa shape index (κ2) is 7.41. The maximum absolute atomic E-state index is 12.2. The number of nitrogens with zero attached hydrogens (tertiary/aromatic N) is 2. The summed E-state index contributed by atoms with van der Waals surface area (Å²) >= 11 is 1.24. The summed E-state index contributed by atoms with van der Waals surface area (Å²) in [4.78, 5) is 22.2. The van der Waals surface area contributed by atoms with E-state index in [-0.39, 0.29) is 12.7 Å². The number of rotatable bonds is 5. The maximum atomic E-state index is 12.2. The second-order valence-electron chi connectivity index (χ2n) is 5.22. The Morgan fingerprint density at radius 2 is 2.25 bits per heavy atom. The van der Waals surface area contributed by atoms with Gasteiger partial charge >= 0.3 is 5.97 Å². The first-order valence-electron chi connectivity index (χ1n) is 7.51. The van der Waals surface area contributed by atoms with E-state index in [1.165, 1.54) is 11.5 Å². The Morgan fingerprint density at radius 1 is 1.46 bits per heavy atom. The largest absolute Gasteiger partial charge is 0.459 e. The van der Waals surface area contributed by atoms with E-state index in [9.17, 15) is 4.79 Å². The van der Waals surface area contributed by atoms with E-state index >= 15 is 0 Å². The fraction of sp³-hybridized carbons (Fsp3) is 0.312. The van der Waals surface area contributed by atoms with E-state index in [1.807, 2.05) is 30.3 Å². The first-order chi connectivity index (χ1) is 11.7. The number of hydrogen-bond acceptors (Lipinski definition) is 8. The van der Waals surface area contributed by atoms with Crippen LogP contribution in [0.2, 0.25) is 0 Å². The van der Waals surface area contributed by atoms with Gasteiger partial charge in [0.1, 0.15) is 23.3 Å². The Morgan fingerprint density at radius 3 is 2.92 bits per heavy atom. The van der Waals surface area contributed by atoms with E-state index in [1.54, 1.807) is 14.0 Å². The van der Waals surface area contributed by atoms with Gasteiger partial charge in [0.15, 0.2) is 5.84 Å².